The molecule has 0 saturated carbocycles. The van der Waals surface area contributed by atoms with Crippen LogP contribution in [-0.2, 0) is 16.6 Å². The summed E-state index contributed by atoms with van der Waals surface area (Å²) < 4.78 is 28.2. The molecule has 1 aliphatic heterocycles. The number of aromatic amines is 1. The van der Waals surface area contributed by atoms with Gasteiger partial charge in [-0.1, -0.05) is 30.8 Å². The van der Waals surface area contributed by atoms with Crippen LogP contribution in [0, 0.1) is 6.57 Å². The second-order valence-corrected chi connectivity index (χ2v) is 9.20. The van der Waals surface area contributed by atoms with E-state index in [0.717, 1.165) is 42.4 Å². The molecule has 0 atom stereocenters. The third-order valence-corrected chi connectivity index (χ3v) is 6.67. The van der Waals surface area contributed by atoms with Crippen molar-refractivity contribution in [2.24, 2.45) is 0 Å². The van der Waals surface area contributed by atoms with Gasteiger partial charge in [-0.2, -0.15) is 8.42 Å². The van der Waals surface area contributed by atoms with Crippen LogP contribution in [0.3, 0.4) is 0 Å². The first-order chi connectivity index (χ1) is 14.4. The highest BCUT2D eigenvalue weighted by Gasteiger charge is 2.25. The van der Waals surface area contributed by atoms with Gasteiger partial charge in [-0.3, -0.25) is 9.78 Å². The number of aromatic nitrogens is 2. The molecular formula is C21H23N5O3S. The molecule has 0 amide bonds. The first-order valence-corrected chi connectivity index (χ1v) is 11.5. The van der Waals surface area contributed by atoms with Crippen LogP contribution in [0.15, 0.2) is 30.5 Å². The summed E-state index contributed by atoms with van der Waals surface area (Å²) in [6.07, 6.45) is 8.05. The van der Waals surface area contributed by atoms with Crippen LogP contribution in [-0.4, -0.2) is 37.3 Å². The van der Waals surface area contributed by atoms with E-state index in [4.69, 9.17) is 6.57 Å². The van der Waals surface area contributed by atoms with E-state index >= 15 is 0 Å². The SMILES string of the molecule is [C-]#[N+]c1cnc(C(=O)Cc2ccc(C3CNS(=O)(=O)NC3)cc2C2=CCCCC2)[nH]1. The zero-order valence-corrected chi connectivity index (χ0v) is 17.3. The number of ketones is 1. The molecule has 1 aromatic carbocycles. The van der Waals surface area contributed by atoms with E-state index < -0.39 is 10.2 Å². The number of nitrogens with zero attached hydrogens (tertiary/aromatic N) is 2. The molecule has 0 spiro atoms. The summed E-state index contributed by atoms with van der Waals surface area (Å²) in [6.45, 7) is 7.71. The summed E-state index contributed by atoms with van der Waals surface area (Å²) >= 11 is 0. The molecule has 1 fully saturated rings. The Morgan fingerprint density at radius 2 is 2.03 bits per heavy atom. The van der Waals surface area contributed by atoms with Crippen molar-refractivity contribution in [3.8, 4) is 0 Å². The lowest BCUT2D eigenvalue weighted by Gasteiger charge is -2.25. The maximum atomic E-state index is 12.7. The van der Waals surface area contributed by atoms with E-state index in [-0.39, 0.29) is 29.8 Å². The summed E-state index contributed by atoms with van der Waals surface area (Å²) in [7, 11) is -3.40. The molecule has 2 aromatic rings. The molecule has 0 radical (unpaired) electrons. The Balaban J connectivity index is 1.63. The molecule has 156 valence electrons. The Hall–Kier alpha value is -2.80. The monoisotopic (exact) mass is 425 g/mol. The third-order valence-electron chi connectivity index (χ3n) is 5.58. The van der Waals surface area contributed by atoms with Crippen molar-refractivity contribution < 1.29 is 13.2 Å². The van der Waals surface area contributed by atoms with Crippen molar-refractivity contribution in [2.75, 3.05) is 13.1 Å². The van der Waals surface area contributed by atoms with E-state index in [1.807, 2.05) is 12.1 Å². The first kappa shape index (κ1) is 20.5. The van der Waals surface area contributed by atoms with Gasteiger partial charge in [0.25, 0.3) is 10.2 Å². The van der Waals surface area contributed by atoms with Crippen molar-refractivity contribution in [1.29, 1.82) is 0 Å². The number of Topliss-reactive ketones (excluding diaryl/α,β-unsaturated/α-hetero) is 1. The van der Waals surface area contributed by atoms with Crippen molar-refractivity contribution in [1.82, 2.24) is 19.4 Å². The van der Waals surface area contributed by atoms with Crippen molar-refractivity contribution in [3.63, 3.8) is 0 Å². The lowest BCUT2D eigenvalue weighted by atomic mass is 9.86. The fraction of sp³-hybridized carbons (Fsp3) is 0.381. The molecule has 1 aliphatic carbocycles. The van der Waals surface area contributed by atoms with E-state index in [9.17, 15) is 13.2 Å². The molecular weight excluding hydrogens is 402 g/mol. The topological polar surface area (TPSA) is 108 Å². The van der Waals surface area contributed by atoms with Crippen molar-refractivity contribution in [3.05, 3.63) is 64.4 Å². The normalized spacial score (nSPS) is 19.1. The third kappa shape index (κ3) is 4.51. The highest BCUT2D eigenvalue weighted by atomic mass is 32.2. The molecule has 1 aromatic heterocycles. The Labute approximate surface area is 175 Å². The van der Waals surface area contributed by atoms with E-state index in [2.05, 4.69) is 36.4 Å². The van der Waals surface area contributed by atoms with Crippen LogP contribution in [0.1, 0.15) is 58.9 Å². The Morgan fingerprint density at radius 1 is 1.23 bits per heavy atom. The summed E-state index contributed by atoms with van der Waals surface area (Å²) in [5.41, 5.74) is 4.24. The van der Waals surface area contributed by atoms with Crippen molar-refractivity contribution in [2.45, 2.75) is 38.0 Å². The van der Waals surface area contributed by atoms with Crippen LogP contribution in [0.25, 0.3) is 10.4 Å². The molecule has 2 heterocycles. The molecule has 4 rings (SSSR count). The minimum Gasteiger partial charge on any atom is -0.363 e. The lowest BCUT2D eigenvalue weighted by molar-refractivity contribution is 0.0984. The van der Waals surface area contributed by atoms with Gasteiger partial charge in [-0.25, -0.2) is 14.4 Å². The standard InChI is InChI=1S/C21H23N5O3S/c1-22-20-13-23-21(26-20)19(27)10-16-8-7-15(17-11-24-30(28,29)25-12-17)9-18(16)14-5-3-2-4-6-14/h5,7-9,13,17,24-25H,2-4,6,10-12H2,(H,23,26). The summed E-state index contributed by atoms with van der Waals surface area (Å²) in [4.78, 5) is 22.8. The van der Waals surface area contributed by atoms with Gasteiger partial charge >= 0.3 is 0 Å². The van der Waals surface area contributed by atoms with Gasteiger partial charge in [-0.15, -0.1) is 0 Å². The van der Waals surface area contributed by atoms with Crippen LogP contribution in [0.2, 0.25) is 0 Å². The number of allylic oxidation sites excluding steroid dienone is 2. The van der Waals surface area contributed by atoms with Crippen molar-refractivity contribution >= 4 is 27.4 Å². The summed E-state index contributed by atoms with van der Waals surface area (Å²) in [5.74, 6) is 0.297. The van der Waals surface area contributed by atoms with Gasteiger partial charge in [0.1, 0.15) is 0 Å². The number of benzene rings is 1. The largest absolute Gasteiger partial charge is 0.363 e. The molecule has 3 N–H and O–H groups in total. The predicted molar refractivity (Wildman–Crippen MR) is 113 cm³/mol. The van der Waals surface area contributed by atoms with Gasteiger partial charge in [0.2, 0.25) is 17.4 Å². The molecule has 1 saturated heterocycles. The van der Waals surface area contributed by atoms with Gasteiger partial charge in [0.05, 0.1) is 6.20 Å². The number of H-pyrrole nitrogens is 1. The van der Waals surface area contributed by atoms with Gasteiger partial charge in [0, 0.05) is 25.4 Å². The molecule has 30 heavy (non-hydrogen) atoms. The summed E-state index contributed by atoms with van der Waals surface area (Å²) in [5, 5.41) is 0. The number of imidazole rings is 1. The zero-order valence-electron chi connectivity index (χ0n) is 16.4. The minimum absolute atomic E-state index is 0.0208. The van der Waals surface area contributed by atoms with Crippen LogP contribution < -0.4 is 9.44 Å². The molecule has 9 heteroatoms. The Kier molecular flexibility index (Phi) is 5.81. The number of hydrogen-bond acceptors (Lipinski definition) is 4. The average Bonchev–Trinajstić information content (AvgIpc) is 3.24. The maximum absolute atomic E-state index is 12.7. The smallest absolute Gasteiger partial charge is 0.276 e. The molecule has 8 nitrogen and oxygen atoms in total. The highest BCUT2D eigenvalue weighted by molar-refractivity contribution is 7.87. The average molecular weight is 426 g/mol. The fourth-order valence-corrected chi connectivity index (χ4v) is 4.87. The highest BCUT2D eigenvalue weighted by Crippen LogP contribution is 2.32. The Morgan fingerprint density at radius 3 is 2.70 bits per heavy atom. The van der Waals surface area contributed by atoms with Crippen LogP contribution in [0.4, 0.5) is 5.82 Å². The van der Waals surface area contributed by atoms with Gasteiger partial charge < -0.3 is 4.85 Å². The van der Waals surface area contributed by atoms with Crippen LogP contribution >= 0.6 is 0 Å². The lowest BCUT2D eigenvalue weighted by Crippen LogP contribution is -2.47. The minimum atomic E-state index is -3.40. The number of rotatable bonds is 5. The molecule has 2 aliphatic rings. The number of hydrogen-bond donors (Lipinski definition) is 3. The van der Waals surface area contributed by atoms with Crippen LogP contribution in [0.5, 0.6) is 0 Å². The number of nitrogens with one attached hydrogen (secondary N) is 3. The fourth-order valence-electron chi connectivity index (χ4n) is 3.93. The second kappa shape index (κ2) is 8.52. The summed E-state index contributed by atoms with van der Waals surface area (Å²) in [6, 6.07) is 6.02. The molecule has 0 unspecified atom stereocenters. The number of carbonyl (C=O) groups excluding carboxylic acids is 1. The zero-order chi connectivity index (χ0) is 21.1. The van der Waals surface area contributed by atoms with Gasteiger partial charge in [-0.05, 0) is 47.9 Å². The maximum Gasteiger partial charge on any atom is 0.276 e. The molecule has 0 bridgehead atoms. The predicted octanol–water partition coefficient (Wildman–Crippen LogP) is 2.86. The van der Waals surface area contributed by atoms with E-state index in [0.29, 0.717) is 13.1 Å². The Bertz CT molecular complexity index is 1130. The van der Waals surface area contributed by atoms with E-state index in [1.165, 1.54) is 11.8 Å². The van der Waals surface area contributed by atoms with Gasteiger partial charge in [0.15, 0.2) is 0 Å². The first-order valence-electron chi connectivity index (χ1n) is 9.97. The second-order valence-electron chi connectivity index (χ2n) is 7.62. The number of carbonyl (C=O) groups is 1. The quantitative estimate of drug-likeness (QED) is 0.506. The van der Waals surface area contributed by atoms with E-state index in [1.54, 1.807) is 0 Å².